The van der Waals surface area contributed by atoms with Crippen LogP contribution in [-0.2, 0) is 7.05 Å². The van der Waals surface area contributed by atoms with E-state index in [1.807, 2.05) is 33.0 Å². The SMILES string of the molecule is Cc1nn(C)c(C)c1C(=O)Nc1ccccc1C(C)O. The number of carbonyl (C=O) groups excluding carboxylic acids is 1. The molecule has 1 heterocycles. The Labute approximate surface area is 118 Å². The van der Waals surface area contributed by atoms with Gasteiger partial charge in [-0.05, 0) is 26.8 Å². The van der Waals surface area contributed by atoms with E-state index >= 15 is 0 Å². The van der Waals surface area contributed by atoms with Crippen LogP contribution >= 0.6 is 0 Å². The molecule has 1 unspecified atom stereocenters. The number of rotatable bonds is 3. The van der Waals surface area contributed by atoms with Gasteiger partial charge in [-0.1, -0.05) is 18.2 Å². The lowest BCUT2D eigenvalue weighted by atomic mass is 10.1. The Kier molecular flexibility index (Phi) is 3.90. The van der Waals surface area contributed by atoms with E-state index in [9.17, 15) is 9.90 Å². The number of amides is 1. The molecule has 0 saturated heterocycles. The lowest BCUT2D eigenvalue weighted by molar-refractivity contribution is 0.102. The van der Waals surface area contributed by atoms with Crippen molar-refractivity contribution in [3.8, 4) is 0 Å². The Morgan fingerprint density at radius 1 is 1.35 bits per heavy atom. The summed E-state index contributed by atoms with van der Waals surface area (Å²) in [5.74, 6) is -0.207. The maximum absolute atomic E-state index is 12.4. The highest BCUT2D eigenvalue weighted by Crippen LogP contribution is 2.23. The van der Waals surface area contributed by atoms with Gasteiger partial charge in [-0.3, -0.25) is 9.48 Å². The Morgan fingerprint density at radius 2 is 2.00 bits per heavy atom. The first-order valence-electron chi connectivity index (χ1n) is 6.50. The summed E-state index contributed by atoms with van der Waals surface area (Å²) in [4.78, 5) is 12.4. The second-order valence-corrected chi connectivity index (χ2v) is 4.89. The van der Waals surface area contributed by atoms with Crippen molar-refractivity contribution in [3.63, 3.8) is 0 Å². The molecule has 2 N–H and O–H groups in total. The number of nitrogens with zero attached hydrogens (tertiary/aromatic N) is 2. The number of hydrogen-bond acceptors (Lipinski definition) is 3. The first-order chi connectivity index (χ1) is 9.41. The molecule has 2 rings (SSSR count). The number of nitrogens with one attached hydrogen (secondary N) is 1. The van der Waals surface area contributed by atoms with E-state index in [1.165, 1.54) is 0 Å². The molecular weight excluding hydrogens is 254 g/mol. The molecule has 1 aromatic carbocycles. The van der Waals surface area contributed by atoms with Crippen molar-refractivity contribution < 1.29 is 9.90 Å². The number of carbonyl (C=O) groups is 1. The number of aliphatic hydroxyl groups is 1. The summed E-state index contributed by atoms with van der Waals surface area (Å²) in [7, 11) is 1.81. The van der Waals surface area contributed by atoms with Crippen LogP contribution in [0.15, 0.2) is 24.3 Å². The summed E-state index contributed by atoms with van der Waals surface area (Å²) in [6.45, 7) is 5.34. The van der Waals surface area contributed by atoms with Crippen molar-refractivity contribution in [3.05, 3.63) is 46.8 Å². The van der Waals surface area contributed by atoms with Gasteiger partial charge in [-0.25, -0.2) is 0 Å². The number of aryl methyl sites for hydroxylation is 2. The predicted octanol–water partition coefficient (Wildman–Crippen LogP) is 2.34. The lowest BCUT2D eigenvalue weighted by Gasteiger charge is -2.13. The summed E-state index contributed by atoms with van der Waals surface area (Å²) in [5.41, 5.74) is 3.40. The molecule has 0 aliphatic carbocycles. The Hall–Kier alpha value is -2.14. The first-order valence-corrected chi connectivity index (χ1v) is 6.50. The van der Waals surface area contributed by atoms with Gasteiger partial charge in [0.15, 0.2) is 0 Å². The zero-order chi connectivity index (χ0) is 14.9. The fourth-order valence-corrected chi connectivity index (χ4v) is 2.26. The molecule has 5 heteroatoms. The van der Waals surface area contributed by atoms with Crippen LogP contribution in [-0.4, -0.2) is 20.8 Å². The van der Waals surface area contributed by atoms with Crippen molar-refractivity contribution in [2.75, 3.05) is 5.32 Å². The van der Waals surface area contributed by atoms with Crippen LogP contribution in [0.2, 0.25) is 0 Å². The summed E-state index contributed by atoms with van der Waals surface area (Å²) in [5, 5.41) is 16.8. The van der Waals surface area contributed by atoms with E-state index in [0.717, 1.165) is 5.69 Å². The van der Waals surface area contributed by atoms with Crippen molar-refractivity contribution in [1.29, 1.82) is 0 Å². The van der Waals surface area contributed by atoms with Crippen molar-refractivity contribution in [2.24, 2.45) is 7.05 Å². The molecule has 0 bridgehead atoms. The minimum absolute atomic E-state index is 0.207. The monoisotopic (exact) mass is 273 g/mol. The molecule has 0 aliphatic heterocycles. The number of aromatic nitrogens is 2. The maximum Gasteiger partial charge on any atom is 0.259 e. The smallest absolute Gasteiger partial charge is 0.259 e. The topological polar surface area (TPSA) is 67.2 Å². The second kappa shape index (κ2) is 5.46. The molecule has 0 spiro atoms. The normalized spacial score (nSPS) is 12.2. The van der Waals surface area contributed by atoms with Crippen LogP contribution in [0.4, 0.5) is 5.69 Å². The van der Waals surface area contributed by atoms with Gasteiger partial charge in [-0.15, -0.1) is 0 Å². The highest BCUT2D eigenvalue weighted by Gasteiger charge is 2.18. The molecule has 1 aromatic heterocycles. The van der Waals surface area contributed by atoms with Gasteiger partial charge in [0.1, 0.15) is 0 Å². The van der Waals surface area contributed by atoms with Crippen LogP contribution in [0.3, 0.4) is 0 Å². The van der Waals surface area contributed by atoms with Gasteiger partial charge in [-0.2, -0.15) is 5.10 Å². The minimum Gasteiger partial charge on any atom is -0.389 e. The predicted molar refractivity (Wildman–Crippen MR) is 77.7 cm³/mol. The second-order valence-electron chi connectivity index (χ2n) is 4.89. The molecule has 0 saturated carbocycles. The molecular formula is C15H19N3O2. The molecule has 5 nitrogen and oxygen atoms in total. The number of aliphatic hydroxyl groups excluding tert-OH is 1. The quantitative estimate of drug-likeness (QED) is 0.902. The van der Waals surface area contributed by atoms with Crippen LogP contribution in [0.5, 0.6) is 0 Å². The summed E-state index contributed by atoms with van der Waals surface area (Å²) >= 11 is 0. The molecule has 2 aromatic rings. The third-order valence-electron chi connectivity index (χ3n) is 3.40. The van der Waals surface area contributed by atoms with E-state index in [1.54, 1.807) is 23.7 Å². The van der Waals surface area contributed by atoms with Gasteiger partial charge < -0.3 is 10.4 Å². The summed E-state index contributed by atoms with van der Waals surface area (Å²) in [6.07, 6.45) is -0.636. The average Bonchev–Trinajstić information content (AvgIpc) is 2.63. The summed E-state index contributed by atoms with van der Waals surface area (Å²) in [6, 6.07) is 7.23. The number of para-hydroxylation sites is 1. The van der Waals surface area contributed by atoms with Crippen LogP contribution in [0.1, 0.15) is 40.3 Å². The standard InChI is InChI=1S/C15H19N3O2/c1-9-14(10(2)18(4)17-9)15(20)16-13-8-6-5-7-12(13)11(3)19/h5-8,11,19H,1-4H3,(H,16,20). The zero-order valence-corrected chi connectivity index (χ0v) is 12.1. The van der Waals surface area contributed by atoms with Gasteiger partial charge in [0.2, 0.25) is 0 Å². The van der Waals surface area contributed by atoms with E-state index < -0.39 is 6.10 Å². The third-order valence-corrected chi connectivity index (χ3v) is 3.40. The van der Waals surface area contributed by atoms with E-state index in [4.69, 9.17) is 0 Å². The van der Waals surface area contributed by atoms with Crippen molar-refractivity contribution in [1.82, 2.24) is 9.78 Å². The highest BCUT2D eigenvalue weighted by atomic mass is 16.3. The van der Waals surface area contributed by atoms with Crippen molar-refractivity contribution in [2.45, 2.75) is 26.9 Å². The van der Waals surface area contributed by atoms with Gasteiger partial charge in [0, 0.05) is 24.0 Å². The number of anilines is 1. The number of hydrogen-bond donors (Lipinski definition) is 2. The lowest BCUT2D eigenvalue weighted by Crippen LogP contribution is -2.15. The van der Waals surface area contributed by atoms with Crippen LogP contribution < -0.4 is 5.32 Å². The van der Waals surface area contributed by atoms with E-state index in [-0.39, 0.29) is 5.91 Å². The Bertz CT molecular complexity index is 645. The summed E-state index contributed by atoms with van der Waals surface area (Å²) < 4.78 is 1.69. The third kappa shape index (κ3) is 2.58. The van der Waals surface area contributed by atoms with Crippen LogP contribution in [0.25, 0.3) is 0 Å². The van der Waals surface area contributed by atoms with Gasteiger partial charge in [0.25, 0.3) is 5.91 Å². The molecule has 0 radical (unpaired) electrons. The largest absolute Gasteiger partial charge is 0.389 e. The van der Waals surface area contributed by atoms with Crippen LogP contribution in [0, 0.1) is 13.8 Å². The van der Waals surface area contributed by atoms with Gasteiger partial charge in [0.05, 0.1) is 17.4 Å². The zero-order valence-electron chi connectivity index (χ0n) is 12.1. The fourth-order valence-electron chi connectivity index (χ4n) is 2.26. The molecule has 0 aliphatic rings. The maximum atomic E-state index is 12.4. The Morgan fingerprint density at radius 3 is 2.55 bits per heavy atom. The highest BCUT2D eigenvalue weighted by molar-refractivity contribution is 6.06. The molecule has 1 amide bonds. The van der Waals surface area contributed by atoms with E-state index in [0.29, 0.717) is 22.5 Å². The minimum atomic E-state index is -0.636. The molecule has 106 valence electrons. The molecule has 1 atom stereocenters. The van der Waals surface area contributed by atoms with Crippen molar-refractivity contribution >= 4 is 11.6 Å². The number of benzene rings is 1. The Balaban J connectivity index is 2.33. The fraction of sp³-hybridized carbons (Fsp3) is 0.333. The van der Waals surface area contributed by atoms with E-state index in [2.05, 4.69) is 10.4 Å². The first kappa shape index (κ1) is 14.3. The molecule has 0 fully saturated rings. The van der Waals surface area contributed by atoms with Gasteiger partial charge >= 0.3 is 0 Å². The molecule has 20 heavy (non-hydrogen) atoms. The average molecular weight is 273 g/mol.